The zero-order valence-electron chi connectivity index (χ0n) is 15.1. The van der Waals surface area contributed by atoms with Gasteiger partial charge in [0.25, 0.3) is 0 Å². The fourth-order valence-electron chi connectivity index (χ4n) is 2.84. The van der Waals surface area contributed by atoms with E-state index in [1.165, 1.54) is 83.7 Å². The molecule has 0 aliphatic rings. The van der Waals surface area contributed by atoms with E-state index in [0.29, 0.717) is 0 Å². The Balaban J connectivity index is 3.88. The van der Waals surface area contributed by atoms with Crippen molar-refractivity contribution in [3.63, 3.8) is 0 Å². The van der Waals surface area contributed by atoms with Gasteiger partial charge < -0.3 is 10.0 Å². The molecule has 0 aromatic heterocycles. The first-order chi connectivity index (χ1) is 10.2. The topological polar surface area (TPSA) is 23.5 Å². The Morgan fingerprint density at radius 3 is 1.76 bits per heavy atom. The predicted octanol–water partition coefficient (Wildman–Crippen LogP) is 5.39. The summed E-state index contributed by atoms with van der Waals surface area (Å²) >= 11 is 0. The van der Waals surface area contributed by atoms with Crippen molar-refractivity contribution in [3.05, 3.63) is 0 Å². The monoisotopic (exact) mass is 299 g/mol. The smallest absolute Gasteiger partial charge is 0.0667 e. The van der Waals surface area contributed by atoms with Crippen molar-refractivity contribution in [1.29, 1.82) is 0 Å². The van der Waals surface area contributed by atoms with E-state index in [4.69, 9.17) is 0 Å². The first-order valence-corrected chi connectivity index (χ1v) is 9.64. The zero-order chi connectivity index (χ0) is 15.8. The van der Waals surface area contributed by atoms with E-state index >= 15 is 0 Å². The molecule has 0 aliphatic carbocycles. The van der Waals surface area contributed by atoms with Gasteiger partial charge in [-0.25, -0.2) is 0 Å². The van der Waals surface area contributed by atoms with Gasteiger partial charge in [0.2, 0.25) is 0 Å². The van der Waals surface area contributed by atoms with Gasteiger partial charge in [0.15, 0.2) is 0 Å². The van der Waals surface area contributed by atoms with Crippen LogP contribution in [-0.4, -0.2) is 35.7 Å². The average molecular weight is 300 g/mol. The Morgan fingerprint density at radius 2 is 1.14 bits per heavy atom. The quantitative estimate of drug-likeness (QED) is 0.386. The van der Waals surface area contributed by atoms with Crippen molar-refractivity contribution in [2.75, 3.05) is 19.6 Å². The fraction of sp³-hybridized carbons (Fsp3) is 1.00. The summed E-state index contributed by atoms with van der Waals surface area (Å²) in [5.74, 6) is 0. The molecular weight excluding hydrogens is 258 g/mol. The minimum atomic E-state index is -0.117. The lowest BCUT2D eigenvalue weighted by Gasteiger charge is -2.25. The lowest BCUT2D eigenvalue weighted by Crippen LogP contribution is -2.34. The Kier molecular flexibility index (Phi) is 16.2. The molecule has 0 radical (unpaired) electrons. The van der Waals surface area contributed by atoms with Crippen molar-refractivity contribution >= 4 is 0 Å². The van der Waals surface area contributed by atoms with Crippen LogP contribution in [0.15, 0.2) is 0 Å². The Bertz CT molecular complexity index is 196. The predicted molar refractivity (Wildman–Crippen MR) is 94.9 cm³/mol. The van der Waals surface area contributed by atoms with Gasteiger partial charge in [-0.15, -0.1) is 0 Å². The molecule has 2 heteroatoms. The molecule has 0 saturated heterocycles. The van der Waals surface area contributed by atoms with Crippen LogP contribution in [0.2, 0.25) is 0 Å². The highest BCUT2D eigenvalue weighted by atomic mass is 16.3. The van der Waals surface area contributed by atoms with Crippen LogP contribution in [0.4, 0.5) is 0 Å². The van der Waals surface area contributed by atoms with E-state index in [9.17, 15) is 5.11 Å². The molecule has 1 unspecified atom stereocenters. The third kappa shape index (κ3) is 14.6. The molecule has 21 heavy (non-hydrogen) atoms. The summed E-state index contributed by atoms with van der Waals surface area (Å²) in [7, 11) is 0. The SMILES string of the molecule is CCCCCCCN(CCCCC)CC(O)CCCCC. The van der Waals surface area contributed by atoms with Crippen LogP contribution in [-0.2, 0) is 0 Å². The Hall–Kier alpha value is -0.0800. The normalized spacial score (nSPS) is 13.0. The number of nitrogens with zero attached hydrogens (tertiary/aromatic N) is 1. The molecule has 0 spiro atoms. The molecular formula is C19H41NO. The third-order valence-corrected chi connectivity index (χ3v) is 4.27. The number of unbranched alkanes of at least 4 members (excludes halogenated alkanes) is 8. The number of hydrogen-bond donors (Lipinski definition) is 1. The molecule has 2 nitrogen and oxygen atoms in total. The lowest BCUT2D eigenvalue weighted by molar-refractivity contribution is 0.101. The highest BCUT2D eigenvalue weighted by Gasteiger charge is 2.11. The summed E-state index contributed by atoms with van der Waals surface area (Å²) in [4.78, 5) is 2.51. The largest absolute Gasteiger partial charge is 0.392 e. The second-order valence-corrected chi connectivity index (χ2v) is 6.57. The van der Waals surface area contributed by atoms with Gasteiger partial charge in [-0.1, -0.05) is 78.6 Å². The summed E-state index contributed by atoms with van der Waals surface area (Å²) < 4.78 is 0. The van der Waals surface area contributed by atoms with E-state index in [0.717, 1.165) is 13.0 Å². The van der Waals surface area contributed by atoms with Gasteiger partial charge in [0.05, 0.1) is 6.10 Å². The summed E-state index contributed by atoms with van der Waals surface area (Å²) in [6.45, 7) is 9.99. The van der Waals surface area contributed by atoms with Gasteiger partial charge in [-0.2, -0.15) is 0 Å². The maximum atomic E-state index is 10.2. The fourth-order valence-corrected chi connectivity index (χ4v) is 2.84. The first kappa shape index (κ1) is 20.9. The molecule has 0 aromatic carbocycles. The van der Waals surface area contributed by atoms with Crippen LogP contribution in [0.3, 0.4) is 0 Å². The minimum absolute atomic E-state index is 0.117. The average Bonchev–Trinajstić information content (AvgIpc) is 2.47. The third-order valence-electron chi connectivity index (χ3n) is 4.27. The molecule has 0 fully saturated rings. The molecule has 0 aromatic rings. The zero-order valence-corrected chi connectivity index (χ0v) is 15.1. The summed E-state index contributed by atoms with van der Waals surface area (Å²) in [5.41, 5.74) is 0. The number of aliphatic hydroxyl groups is 1. The van der Waals surface area contributed by atoms with Gasteiger partial charge >= 0.3 is 0 Å². The second kappa shape index (κ2) is 16.3. The van der Waals surface area contributed by atoms with Gasteiger partial charge in [-0.3, -0.25) is 0 Å². The maximum absolute atomic E-state index is 10.2. The molecule has 0 amide bonds. The van der Waals surface area contributed by atoms with Crippen molar-refractivity contribution in [3.8, 4) is 0 Å². The van der Waals surface area contributed by atoms with Crippen LogP contribution < -0.4 is 0 Å². The van der Waals surface area contributed by atoms with Gasteiger partial charge in [0.1, 0.15) is 0 Å². The second-order valence-electron chi connectivity index (χ2n) is 6.57. The molecule has 128 valence electrons. The van der Waals surface area contributed by atoms with E-state index in [2.05, 4.69) is 25.7 Å². The summed E-state index contributed by atoms with van der Waals surface area (Å²) in [6.07, 6.45) is 15.1. The summed E-state index contributed by atoms with van der Waals surface area (Å²) in [5, 5.41) is 10.2. The van der Waals surface area contributed by atoms with Crippen molar-refractivity contribution in [1.82, 2.24) is 4.90 Å². The van der Waals surface area contributed by atoms with Crippen LogP contribution in [0.5, 0.6) is 0 Å². The lowest BCUT2D eigenvalue weighted by atomic mass is 10.1. The molecule has 0 aliphatic heterocycles. The minimum Gasteiger partial charge on any atom is -0.392 e. The van der Waals surface area contributed by atoms with Crippen LogP contribution in [0, 0.1) is 0 Å². The van der Waals surface area contributed by atoms with Crippen LogP contribution in [0.25, 0.3) is 0 Å². The van der Waals surface area contributed by atoms with Crippen molar-refractivity contribution in [2.24, 2.45) is 0 Å². The van der Waals surface area contributed by atoms with Crippen LogP contribution in [0.1, 0.15) is 97.8 Å². The molecule has 1 N–H and O–H groups in total. The standard InChI is InChI=1S/C19H41NO/c1-4-7-10-11-14-17-20(16-13-9-6-3)18-19(21)15-12-8-5-2/h19,21H,4-18H2,1-3H3. The molecule has 1 atom stereocenters. The van der Waals surface area contributed by atoms with Crippen LogP contribution >= 0.6 is 0 Å². The number of hydrogen-bond acceptors (Lipinski definition) is 2. The Morgan fingerprint density at radius 1 is 0.667 bits per heavy atom. The maximum Gasteiger partial charge on any atom is 0.0667 e. The molecule has 0 heterocycles. The van der Waals surface area contributed by atoms with Crippen molar-refractivity contribution < 1.29 is 5.11 Å². The van der Waals surface area contributed by atoms with Gasteiger partial charge in [0, 0.05) is 6.54 Å². The highest BCUT2D eigenvalue weighted by molar-refractivity contribution is 4.66. The van der Waals surface area contributed by atoms with Gasteiger partial charge in [-0.05, 0) is 32.4 Å². The highest BCUT2D eigenvalue weighted by Crippen LogP contribution is 2.09. The molecule has 0 bridgehead atoms. The summed E-state index contributed by atoms with van der Waals surface area (Å²) in [6, 6.07) is 0. The van der Waals surface area contributed by atoms with E-state index in [1.807, 2.05) is 0 Å². The van der Waals surface area contributed by atoms with Crippen molar-refractivity contribution in [2.45, 2.75) is 104 Å². The number of aliphatic hydroxyl groups excluding tert-OH is 1. The first-order valence-electron chi connectivity index (χ1n) is 9.64. The van der Waals surface area contributed by atoms with E-state index < -0.39 is 0 Å². The molecule has 0 saturated carbocycles. The van der Waals surface area contributed by atoms with E-state index in [1.54, 1.807) is 0 Å². The number of rotatable bonds is 16. The Labute approximate surface area is 134 Å². The molecule has 0 rings (SSSR count). The van der Waals surface area contributed by atoms with E-state index in [-0.39, 0.29) is 6.10 Å².